The van der Waals surface area contributed by atoms with Gasteiger partial charge in [0.2, 0.25) is 0 Å². The van der Waals surface area contributed by atoms with Crippen molar-refractivity contribution in [1.82, 2.24) is 15.5 Å². The summed E-state index contributed by atoms with van der Waals surface area (Å²) in [6, 6.07) is 7.98. The summed E-state index contributed by atoms with van der Waals surface area (Å²) in [5.74, 6) is 0. The van der Waals surface area contributed by atoms with E-state index in [9.17, 15) is 0 Å². The fourth-order valence-electron chi connectivity index (χ4n) is 2.70. The van der Waals surface area contributed by atoms with E-state index in [-0.39, 0.29) is 0 Å². The lowest BCUT2D eigenvalue weighted by atomic mass is 9.94. The average Bonchev–Trinajstić information content (AvgIpc) is 2.99. The lowest BCUT2D eigenvalue weighted by molar-refractivity contribution is 0.675. The largest absolute Gasteiger partial charge is 0.282 e. The van der Waals surface area contributed by atoms with E-state index >= 15 is 0 Å². The number of thioether (sulfide) groups is 1. The molecule has 112 valence electrons. The Morgan fingerprint density at radius 1 is 1.32 bits per heavy atom. The van der Waals surface area contributed by atoms with Gasteiger partial charge in [0.15, 0.2) is 11.4 Å². The number of aromatic nitrogens is 2. The molecule has 0 bridgehead atoms. The van der Waals surface area contributed by atoms with Gasteiger partial charge in [0.1, 0.15) is 0 Å². The number of hydrogen-bond acceptors (Lipinski definition) is 4. The molecule has 0 aliphatic heterocycles. The molecule has 1 aliphatic carbocycles. The second-order valence-corrected chi connectivity index (χ2v) is 5.94. The van der Waals surface area contributed by atoms with Crippen LogP contribution in [-0.2, 0) is 12.8 Å². The minimum Gasteiger partial charge on any atom is -0.282 e. The summed E-state index contributed by atoms with van der Waals surface area (Å²) in [4.78, 5) is 4.39. The van der Waals surface area contributed by atoms with E-state index in [0.29, 0.717) is 5.17 Å². The molecule has 0 saturated heterocycles. The number of aryl methyl sites for hydroxylation is 1. The molecule has 1 heterocycles. The summed E-state index contributed by atoms with van der Waals surface area (Å²) in [6.45, 7) is 0. The van der Waals surface area contributed by atoms with Gasteiger partial charge in [-0.3, -0.25) is 10.4 Å². The summed E-state index contributed by atoms with van der Waals surface area (Å²) in [5.41, 5.74) is 5.63. The van der Waals surface area contributed by atoms with Crippen molar-refractivity contribution in [2.75, 3.05) is 6.26 Å². The minimum atomic E-state index is 0.590. The van der Waals surface area contributed by atoms with Gasteiger partial charge in [-0.05, 0) is 44.1 Å². The van der Waals surface area contributed by atoms with Gasteiger partial charge in [-0.1, -0.05) is 23.9 Å². The van der Waals surface area contributed by atoms with Crippen LogP contribution in [0.5, 0.6) is 0 Å². The third-order valence-corrected chi connectivity index (χ3v) is 4.36. The molecule has 0 unspecified atom stereocenters. The second kappa shape index (κ2) is 6.67. The molecule has 0 atom stereocenters. The van der Waals surface area contributed by atoms with E-state index in [1.165, 1.54) is 35.9 Å². The number of nitrogens with one attached hydrogen (secondary N) is 2. The maximum Gasteiger partial charge on any atom is 0.183 e. The summed E-state index contributed by atoms with van der Waals surface area (Å²) >= 11 is 1.41. The highest BCUT2D eigenvalue weighted by Gasteiger charge is 2.17. The summed E-state index contributed by atoms with van der Waals surface area (Å²) in [7, 11) is 0. The molecule has 0 spiro atoms. The molecule has 3 rings (SSSR count). The SMILES string of the molecule is CSC(=Nc1ccc(-c2n[nH]c3c2CCCC3)cc1)NC#N. The van der Waals surface area contributed by atoms with Crippen LogP contribution in [0.4, 0.5) is 5.69 Å². The van der Waals surface area contributed by atoms with Crippen molar-refractivity contribution in [3.8, 4) is 17.5 Å². The number of fused-ring (bicyclic) bond motifs is 1. The first-order valence-corrected chi connectivity index (χ1v) is 8.48. The average molecular weight is 311 g/mol. The molecule has 2 aromatic rings. The topological polar surface area (TPSA) is 76.9 Å². The standard InChI is InChI=1S/C16H17N5S/c1-22-16(18-10-17)19-12-8-6-11(7-9-12)15-13-4-2-3-5-14(13)20-21-15/h6-9H,2-5H2,1H3,(H,18,19)(H,20,21). The third kappa shape index (κ3) is 3.00. The van der Waals surface area contributed by atoms with Gasteiger partial charge < -0.3 is 0 Å². The van der Waals surface area contributed by atoms with Crippen molar-refractivity contribution >= 4 is 22.6 Å². The Hall–Kier alpha value is -2.26. The Balaban J connectivity index is 1.86. The Morgan fingerprint density at radius 2 is 2.09 bits per heavy atom. The molecule has 22 heavy (non-hydrogen) atoms. The summed E-state index contributed by atoms with van der Waals surface area (Å²) < 4.78 is 0. The molecule has 1 aliphatic rings. The Morgan fingerprint density at radius 3 is 2.82 bits per heavy atom. The van der Waals surface area contributed by atoms with E-state index in [2.05, 4.69) is 20.5 Å². The van der Waals surface area contributed by atoms with Crippen LogP contribution in [0.15, 0.2) is 29.3 Å². The van der Waals surface area contributed by atoms with Gasteiger partial charge in [0.25, 0.3) is 0 Å². The van der Waals surface area contributed by atoms with Gasteiger partial charge in [-0.25, -0.2) is 4.99 Å². The normalized spacial score (nSPS) is 14.3. The molecule has 0 amide bonds. The van der Waals surface area contributed by atoms with Crippen molar-refractivity contribution < 1.29 is 0 Å². The molecule has 6 heteroatoms. The van der Waals surface area contributed by atoms with Gasteiger partial charge >= 0.3 is 0 Å². The van der Waals surface area contributed by atoms with E-state index in [0.717, 1.165) is 29.8 Å². The van der Waals surface area contributed by atoms with Crippen LogP contribution in [0, 0.1) is 11.5 Å². The zero-order valence-electron chi connectivity index (χ0n) is 12.4. The molecule has 0 radical (unpaired) electrons. The lowest BCUT2D eigenvalue weighted by Gasteiger charge is -2.11. The second-order valence-electron chi connectivity index (χ2n) is 5.14. The molecule has 0 saturated carbocycles. The van der Waals surface area contributed by atoms with Gasteiger partial charge in [0, 0.05) is 16.8 Å². The number of aliphatic imine (C=N–C) groups is 1. The minimum absolute atomic E-state index is 0.590. The van der Waals surface area contributed by atoms with Crippen LogP contribution in [-0.4, -0.2) is 21.6 Å². The Labute approximate surface area is 133 Å². The molecule has 1 aromatic heterocycles. The van der Waals surface area contributed by atoms with Crippen LogP contribution in [0.25, 0.3) is 11.3 Å². The molecule has 2 N–H and O–H groups in total. The quantitative estimate of drug-likeness (QED) is 0.386. The third-order valence-electron chi connectivity index (χ3n) is 3.78. The van der Waals surface area contributed by atoms with Crippen molar-refractivity contribution in [3.05, 3.63) is 35.5 Å². The highest BCUT2D eigenvalue weighted by Crippen LogP contribution is 2.30. The van der Waals surface area contributed by atoms with E-state index in [1.54, 1.807) is 0 Å². The number of nitrogens with zero attached hydrogens (tertiary/aromatic N) is 3. The Kier molecular flexibility index (Phi) is 4.45. The van der Waals surface area contributed by atoms with Gasteiger partial charge in [-0.2, -0.15) is 10.4 Å². The van der Waals surface area contributed by atoms with Crippen LogP contribution < -0.4 is 5.32 Å². The molecular formula is C16H17N5S. The van der Waals surface area contributed by atoms with Crippen molar-refractivity contribution in [2.24, 2.45) is 4.99 Å². The van der Waals surface area contributed by atoms with Crippen LogP contribution >= 0.6 is 11.8 Å². The van der Waals surface area contributed by atoms with E-state index in [4.69, 9.17) is 5.26 Å². The highest BCUT2D eigenvalue weighted by molar-refractivity contribution is 8.13. The number of hydrogen-bond donors (Lipinski definition) is 2. The number of nitriles is 1. The monoisotopic (exact) mass is 311 g/mol. The zero-order chi connectivity index (χ0) is 15.4. The number of benzene rings is 1. The lowest BCUT2D eigenvalue weighted by Crippen LogP contribution is -2.12. The first kappa shape index (κ1) is 14.7. The number of aromatic amines is 1. The maximum atomic E-state index is 8.66. The fourth-order valence-corrected chi connectivity index (χ4v) is 3.05. The number of amidine groups is 1. The first-order chi connectivity index (χ1) is 10.8. The molecule has 5 nitrogen and oxygen atoms in total. The van der Waals surface area contributed by atoms with E-state index in [1.807, 2.05) is 36.7 Å². The van der Waals surface area contributed by atoms with Crippen molar-refractivity contribution in [3.63, 3.8) is 0 Å². The highest BCUT2D eigenvalue weighted by atomic mass is 32.2. The molecule has 0 fully saturated rings. The first-order valence-electron chi connectivity index (χ1n) is 7.26. The zero-order valence-corrected chi connectivity index (χ0v) is 13.2. The van der Waals surface area contributed by atoms with Crippen molar-refractivity contribution in [2.45, 2.75) is 25.7 Å². The molecule has 1 aromatic carbocycles. The van der Waals surface area contributed by atoms with Crippen molar-refractivity contribution in [1.29, 1.82) is 5.26 Å². The molecular weight excluding hydrogens is 294 g/mol. The maximum absolute atomic E-state index is 8.66. The van der Waals surface area contributed by atoms with Gasteiger partial charge in [-0.15, -0.1) is 0 Å². The number of H-pyrrole nitrogens is 1. The summed E-state index contributed by atoms with van der Waals surface area (Å²) in [6.07, 6.45) is 8.45. The van der Waals surface area contributed by atoms with Gasteiger partial charge in [0.05, 0.1) is 11.4 Å². The van der Waals surface area contributed by atoms with Crippen LogP contribution in [0.3, 0.4) is 0 Å². The van der Waals surface area contributed by atoms with Crippen LogP contribution in [0.1, 0.15) is 24.1 Å². The smallest absolute Gasteiger partial charge is 0.183 e. The predicted molar refractivity (Wildman–Crippen MR) is 90.0 cm³/mol. The Bertz CT molecular complexity index is 724. The number of rotatable bonds is 2. The van der Waals surface area contributed by atoms with E-state index < -0.39 is 0 Å². The summed E-state index contributed by atoms with van der Waals surface area (Å²) in [5, 5.41) is 19.5. The van der Waals surface area contributed by atoms with Crippen LogP contribution in [0.2, 0.25) is 0 Å². The fraction of sp³-hybridized carbons (Fsp3) is 0.312. The predicted octanol–water partition coefficient (Wildman–Crippen LogP) is 3.38.